The number of anilines is 1. The molecule has 6 heteroatoms. The Morgan fingerprint density at radius 2 is 1.77 bits per heavy atom. The Labute approximate surface area is 212 Å². The third-order valence-corrected chi connectivity index (χ3v) is 7.08. The average molecular weight is 482 g/mol. The molecule has 2 N–H and O–H groups in total. The van der Waals surface area contributed by atoms with Gasteiger partial charge in [0.15, 0.2) is 5.11 Å². The van der Waals surface area contributed by atoms with Crippen LogP contribution < -0.4 is 10.6 Å². The fraction of sp³-hybridized carbons (Fsp3) is 0.241. The van der Waals surface area contributed by atoms with E-state index < -0.39 is 0 Å². The molecule has 4 aromatic rings. The summed E-state index contributed by atoms with van der Waals surface area (Å²) < 4.78 is 2.29. The topological polar surface area (TPSA) is 45.1 Å². The highest BCUT2D eigenvalue weighted by molar-refractivity contribution is 7.80. The monoisotopic (exact) mass is 481 g/mol. The lowest BCUT2D eigenvalue weighted by atomic mass is 10.0. The molecule has 1 saturated heterocycles. The highest BCUT2D eigenvalue weighted by atomic mass is 32.1. The van der Waals surface area contributed by atoms with Gasteiger partial charge >= 0.3 is 0 Å². The molecular formula is C29H31N5S. The van der Waals surface area contributed by atoms with Gasteiger partial charge < -0.3 is 20.1 Å². The van der Waals surface area contributed by atoms with E-state index in [0.717, 1.165) is 41.7 Å². The zero-order valence-electron chi connectivity index (χ0n) is 20.2. The summed E-state index contributed by atoms with van der Waals surface area (Å²) in [6.45, 7) is 6.04. The maximum absolute atomic E-state index is 5.87. The Hall–Kier alpha value is -3.64. The Morgan fingerprint density at radius 3 is 2.54 bits per heavy atom. The summed E-state index contributed by atoms with van der Waals surface area (Å²) >= 11 is 5.87. The van der Waals surface area contributed by atoms with Crippen LogP contribution in [0.25, 0.3) is 5.69 Å². The molecular weight excluding hydrogens is 450 g/mol. The van der Waals surface area contributed by atoms with E-state index in [0.29, 0.717) is 0 Å². The number of hydrogen-bond acceptors (Lipinski definition) is 3. The fourth-order valence-corrected chi connectivity index (χ4v) is 5.08. The summed E-state index contributed by atoms with van der Waals surface area (Å²) in [6, 6.07) is 27.4. The van der Waals surface area contributed by atoms with Crippen molar-refractivity contribution in [1.82, 2.24) is 19.8 Å². The van der Waals surface area contributed by atoms with Crippen molar-refractivity contribution in [2.24, 2.45) is 0 Å². The minimum Gasteiger partial charge on any atom is -0.385 e. The zero-order chi connectivity index (χ0) is 24.2. The summed E-state index contributed by atoms with van der Waals surface area (Å²) in [4.78, 5) is 7.01. The molecule has 2 aromatic heterocycles. The van der Waals surface area contributed by atoms with Gasteiger partial charge in [0.1, 0.15) is 0 Å². The number of rotatable bonds is 8. The minimum atomic E-state index is -0.0222. The predicted molar refractivity (Wildman–Crippen MR) is 147 cm³/mol. The van der Waals surface area contributed by atoms with Gasteiger partial charge in [-0.25, -0.2) is 0 Å². The second kappa shape index (κ2) is 10.3. The number of hydrogen-bond donors (Lipinski definition) is 2. The van der Waals surface area contributed by atoms with Crippen LogP contribution in [0.3, 0.4) is 0 Å². The molecule has 0 radical (unpaired) electrons. The third-order valence-electron chi connectivity index (χ3n) is 6.73. The van der Waals surface area contributed by atoms with E-state index >= 15 is 0 Å². The van der Waals surface area contributed by atoms with Crippen LogP contribution >= 0.6 is 12.2 Å². The van der Waals surface area contributed by atoms with Crippen molar-refractivity contribution in [3.63, 3.8) is 0 Å². The van der Waals surface area contributed by atoms with Gasteiger partial charge in [-0.3, -0.25) is 4.98 Å². The predicted octanol–water partition coefficient (Wildman–Crippen LogP) is 5.96. The van der Waals surface area contributed by atoms with Gasteiger partial charge in [0.25, 0.3) is 0 Å². The van der Waals surface area contributed by atoms with Gasteiger partial charge in [-0.15, -0.1) is 0 Å². The number of pyridine rings is 1. The van der Waals surface area contributed by atoms with Crippen molar-refractivity contribution in [1.29, 1.82) is 0 Å². The standard InChI is InChI=1S/C29H31N5S/c1-21-14-15-24(20-22(21)2)33-18-8-13-26(33)28-27(25-12-6-7-16-31-25)32-29(35)34(28)19-9-17-30-23-10-4-3-5-11-23/h3-8,10-16,18,20,27-28,30H,9,17,19H2,1-2H3,(H,32,35)/t27-,28-/m1/s1. The lowest BCUT2D eigenvalue weighted by molar-refractivity contribution is 0.307. The maximum atomic E-state index is 5.87. The smallest absolute Gasteiger partial charge is 0.170 e. The van der Waals surface area contributed by atoms with Gasteiger partial charge in [0, 0.05) is 42.6 Å². The van der Waals surface area contributed by atoms with Crippen molar-refractivity contribution in [3.8, 4) is 5.69 Å². The van der Waals surface area contributed by atoms with Gasteiger partial charge in [0.2, 0.25) is 0 Å². The zero-order valence-corrected chi connectivity index (χ0v) is 21.0. The molecule has 35 heavy (non-hydrogen) atoms. The van der Waals surface area contributed by atoms with E-state index in [2.05, 4.69) is 106 Å². The van der Waals surface area contributed by atoms with Crippen molar-refractivity contribution < 1.29 is 0 Å². The van der Waals surface area contributed by atoms with Gasteiger partial charge in [-0.1, -0.05) is 30.3 Å². The first kappa shape index (κ1) is 23.1. The first-order valence-corrected chi connectivity index (χ1v) is 12.5. The van der Waals surface area contributed by atoms with Crippen LogP contribution in [-0.4, -0.2) is 32.7 Å². The molecule has 2 atom stereocenters. The number of aromatic nitrogens is 2. The molecule has 2 aromatic carbocycles. The van der Waals surface area contributed by atoms with Gasteiger partial charge in [-0.05, 0) is 92.1 Å². The Bertz CT molecular complexity index is 1280. The largest absolute Gasteiger partial charge is 0.385 e. The summed E-state index contributed by atoms with van der Waals surface area (Å²) in [6.07, 6.45) is 4.96. The summed E-state index contributed by atoms with van der Waals surface area (Å²) in [5.41, 5.74) is 7.08. The molecule has 1 aliphatic rings. The molecule has 1 aliphatic heterocycles. The summed E-state index contributed by atoms with van der Waals surface area (Å²) in [7, 11) is 0. The first-order valence-electron chi connectivity index (χ1n) is 12.1. The van der Waals surface area contributed by atoms with E-state index in [1.807, 2.05) is 24.4 Å². The van der Waals surface area contributed by atoms with E-state index in [-0.39, 0.29) is 12.1 Å². The van der Waals surface area contributed by atoms with Crippen molar-refractivity contribution in [3.05, 3.63) is 114 Å². The van der Waals surface area contributed by atoms with Crippen LogP contribution in [0.4, 0.5) is 5.69 Å². The van der Waals surface area contributed by atoms with Crippen molar-refractivity contribution in [2.75, 3.05) is 18.4 Å². The molecule has 0 aliphatic carbocycles. The van der Waals surface area contributed by atoms with Crippen LogP contribution in [-0.2, 0) is 0 Å². The lowest BCUT2D eigenvalue weighted by Gasteiger charge is -2.29. The van der Waals surface area contributed by atoms with Crippen molar-refractivity contribution >= 4 is 23.0 Å². The van der Waals surface area contributed by atoms with Gasteiger partial charge in [0.05, 0.1) is 17.8 Å². The van der Waals surface area contributed by atoms with Crippen LogP contribution in [0.2, 0.25) is 0 Å². The number of benzene rings is 2. The molecule has 0 unspecified atom stereocenters. The molecule has 0 spiro atoms. The number of para-hydroxylation sites is 1. The normalized spacial score (nSPS) is 17.4. The number of nitrogens with zero attached hydrogens (tertiary/aromatic N) is 3. The van der Waals surface area contributed by atoms with Crippen LogP contribution in [0.1, 0.15) is 41.0 Å². The molecule has 178 valence electrons. The molecule has 3 heterocycles. The SMILES string of the molecule is Cc1ccc(-n2cccc2[C@@H]2[C@@H](c3ccccn3)NC(=S)N2CCCNc2ccccc2)cc1C. The second-order valence-corrected chi connectivity index (χ2v) is 9.42. The third kappa shape index (κ3) is 4.93. The Morgan fingerprint density at radius 1 is 0.943 bits per heavy atom. The van der Waals surface area contributed by atoms with E-state index in [9.17, 15) is 0 Å². The minimum absolute atomic E-state index is 0.0222. The van der Waals surface area contributed by atoms with Crippen molar-refractivity contribution in [2.45, 2.75) is 32.4 Å². The first-order chi connectivity index (χ1) is 17.1. The molecule has 5 rings (SSSR count). The number of nitrogens with one attached hydrogen (secondary N) is 2. The van der Waals surface area contributed by atoms with Crippen LogP contribution in [0.5, 0.6) is 0 Å². The fourth-order valence-electron chi connectivity index (χ4n) is 4.75. The lowest BCUT2D eigenvalue weighted by Crippen LogP contribution is -2.32. The Kier molecular flexibility index (Phi) is 6.82. The Balaban J connectivity index is 1.44. The molecule has 0 amide bonds. The van der Waals surface area contributed by atoms with Crippen LogP contribution in [0.15, 0.2) is 91.3 Å². The maximum Gasteiger partial charge on any atom is 0.170 e. The second-order valence-electron chi connectivity index (χ2n) is 9.04. The molecule has 5 nitrogen and oxygen atoms in total. The molecule has 1 fully saturated rings. The highest BCUT2D eigenvalue weighted by Gasteiger charge is 2.40. The molecule has 0 saturated carbocycles. The van der Waals surface area contributed by atoms with Crippen LogP contribution in [0, 0.1) is 13.8 Å². The number of aryl methyl sites for hydroxylation is 2. The van der Waals surface area contributed by atoms with E-state index in [1.54, 1.807) is 0 Å². The summed E-state index contributed by atoms with van der Waals surface area (Å²) in [5.74, 6) is 0. The average Bonchev–Trinajstić information content (AvgIpc) is 3.49. The van der Waals surface area contributed by atoms with E-state index in [4.69, 9.17) is 12.2 Å². The highest BCUT2D eigenvalue weighted by Crippen LogP contribution is 2.39. The number of thiocarbonyl (C=S) groups is 1. The van der Waals surface area contributed by atoms with E-state index in [1.165, 1.54) is 16.8 Å². The quantitative estimate of drug-likeness (QED) is 0.240. The summed E-state index contributed by atoms with van der Waals surface area (Å²) in [5, 5.41) is 7.87. The molecule has 0 bridgehead atoms. The van der Waals surface area contributed by atoms with Gasteiger partial charge in [-0.2, -0.15) is 0 Å².